The van der Waals surface area contributed by atoms with Gasteiger partial charge in [0.1, 0.15) is 17.5 Å². The van der Waals surface area contributed by atoms with Crippen LogP contribution in [0.4, 0.5) is 31.1 Å². The lowest BCUT2D eigenvalue weighted by Gasteiger charge is -2.31. The summed E-state index contributed by atoms with van der Waals surface area (Å²) in [4.78, 5) is 22.2. The summed E-state index contributed by atoms with van der Waals surface area (Å²) in [6.45, 7) is 3.03. The maximum Gasteiger partial charge on any atom is 0.408 e. The minimum atomic E-state index is -5.06. The molecule has 0 saturated heterocycles. The number of oxazole rings is 1. The number of rotatable bonds is 9. The van der Waals surface area contributed by atoms with Crippen LogP contribution in [0.15, 0.2) is 35.2 Å². The van der Waals surface area contributed by atoms with E-state index in [0.717, 1.165) is 4.90 Å². The van der Waals surface area contributed by atoms with Crippen molar-refractivity contribution in [2.75, 3.05) is 20.8 Å². The van der Waals surface area contributed by atoms with Crippen molar-refractivity contribution in [1.82, 2.24) is 20.2 Å². The summed E-state index contributed by atoms with van der Waals surface area (Å²) < 4.78 is 94.0. The van der Waals surface area contributed by atoms with Gasteiger partial charge in [-0.3, -0.25) is 4.98 Å². The van der Waals surface area contributed by atoms with E-state index >= 15 is 0 Å². The van der Waals surface area contributed by atoms with Gasteiger partial charge in [0, 0.05) is 18.5 Å². The van der Waals surface area contributed by atoms with Crippen molar-refractivity contribution in [3.63, 3.8) is 0 Å². The number of methoxy groups -OCH3 is 2. The lowest BCUT2D eigenvalue weighted by Crippen LogP contribution is -2.51. The van der Waals surface area contributed by atoms with Crippen molar-refractivity contribution < 1.29 is 45.0 Å². The molecule has 0 radical (unpaired) electrons. The molecule has 14 heteroatoms. The van der Waals surface area contributed by atoms with Crippen molar-refractivity contribution in [3.8, 4) is 22.6 Å². The van der Waals surface area contributed by atoms with E-state index < -0.39 is 43.3 Å². The van der Waals surface area contributed by atoms with E-state index in [-0.39, 0.29) is 6.54 Å². The SMILES string of the molecule is CCN(C(=O)N[C@@H](CCC(F)(F)F)C(F)(F)F)[C@H](C)c1cc(-c2cc(OC)c3ncoc3c2)c(OC)cn1. The number of halogens is 6. The molecule has 0 spiro atoms. The number of nitrogens with one attached hydrogen (secondary N) is 1. The maximum absolute atomic E-state index is 13.4. The van der Waals surface area contributed by atoms with Crippen molar-refractivity contribution in [2.45, 2.75) is 51.1 Å². The number of carbonyl (C=O) groups is 1. The minimum Gasteiger partial charge on any atom is -0.494 e. The zero-order valence-corrected chi connectivity index (χ0v) is 20.9. The number of hydrogen-bond donors (Lipinski definition) is 1. The highest BCUT2D eigenvalue weighted by molar-refractivity contribution is 5.87. The van der Waals surface area contributed by atoms with Crippen molar-refractivity contribution in [2.24, 2.45) is 0 Å². The third-order valence-corrected chi connectivity index (χ3v) is 5.95. The molecule has 3 rings (SSSR count). The molecule has 0 unspecified atom stereocenters. The summed E-state index contributed by atoms with van der Waals surface area (Å²) in [5.74, 6) is 0.782. The summed E-state index contributed by atoms with van der Waals surface area (Å²) in [7, 11) is 2.89. The van der Waals surface area contributed by atoms with Gasteiger partial charge in [0.25, 0.3) is 0 Å². The van der Waals surface area contributed by atoms with Gasteiger partial charge in [-0.2, -0.15) is 26.3 Å². The van der Waals surface area contributed by atoms with Crippen molar-refractivity contribution >= 4 is 17.1 Å². The second-order valence-corrected chi connectivity index (χ2v) is 8.35. The molecule has 0 aliphatic heterocycles. The van der Waals surface area contributed by atoms with Crippen molar-refractivity contribution in [3.05, 3.63) is 36.5 Å². The first kappa shape index (κ1) is 28.9. The van der Waals surface area contributed by atoms with E-state index in [0.29, 0.717) is 39.4 Å². The van der Waals surface area contributed by atoms with E-state index in [9.17, 15) is 31.1 Å². The largest absolute Gasteiger partial charge is 0.494 e. The fraction of sp³-hybridized carbons (Fsp3) is 0.458. The maximum atomic E-state index is 13.4. The quantitative estimate of drug-likeness (QED) is 0.317. The lowest BCUT2D eigenvalue weighted by molar-refractivity contribution is -0.171. The van der Waals surface area contributed by atoms with Gasteiger partial charge in [0.15, 0.2) is 17.5 Å². The molecule has 8 nitrogen and oxygen atoms in total. The minimum absolute atomic E-state index is 0.0439. The van der Waals surface area contributed by atoms with Crippen LogP contribution in [0.25, 0.3) is 22.2 Å². The van der Waals surface area contributed by atoms with E-state index in [4.69, 9.17) is 13.9 Å². The van der Waals surface area contributed by atoms with Crippen LogP contribution in [0.1, 0.15) is 38.4 Å². The Morgan fingerprint density at radius 3 is 2.34 bits per heavy atom. The highest BCUT2D eigenvalue weighted by Crippen LogP contribution is 2.37. The number of ether oxygens (including phenoxy) is 2. The van der Waals surface area contributed by atoms with E-state index in [1.54, 1.807) is 30.4 Å². The topological polar surface area (TPSA) is 89.7 Å². The highest BCUT2D eigenvalue weighted by Gasteiger charge is 2.43. The fourth-order valence-electron chi connectivity index (χ4n) is 3.93. The molecule has 2 heterocycles. The van der Waals surface area contributed by atoms with Gasteiger partial charge in [-0.1, -0.05) is 0 Å². The van der Waals surface area contributed by atoms with Crippen LogP contribution in [-0.4, -0.2) is 60.1 Å². The number of hydrogen-bond acceptors (Lipinski definition) is 6. The normalized spacial score (nSPS) is 13.7. The van der Waals surface area contributed by atoms with Crippen LogP contribution < -0.4 is 14.8 Å². The smallest absolute Gasteiger partial charge is 0.408 e. The van der Waals surface area contributed by atoms with Gasteiger partial charge in [0.2, 0.25) is 0 Å². The van der Waals surface area contributed by atoms with Gasteiger partial charge in [-0.05, 0) is 44.0 Å². The molecule has 3 aromatic rings. The van der Waals surface area contributed by atoms with Crippen LogP contribution in [0.5, 0.6) is 11.5 Å². The van der Waals surface area contributed by atoms with Crippen LogP contribution in [-0.2, 0) is 0 Å². The summed E-state index contributed by atoms with van der Waals surface area (Å²) in [6, 6.07) is 0.289. The number of amides is 2. The Labute approximate surface area is 213 Å². The molecule has 0 saturated carbocycles. The Kier molecular flexibility index (Phi) is 8.62. The van der Waals surface area contributed by atoms with Gasteiger partial charge in [-0.25, -0.2) is 9.78 Å². The average Bonchev–Trinajstić information content (AvgIpc) is 3.33. The molecule has 0 fully saturated rings. The molecular formula is C24H26F6N4O4. The predicted octanol–water partition coefficient (Wildman–Crippen LogP) is 6.27. The first-order valence-corrected chi connectivity index (χ1v) is 11.4. The van der Waals surface area contributed by atoms with Crippen LogP contribution >= 0.6 is 0 Å². The number of alkyl halides is 6. The predicted molar refractivity (Wildman–Crippen MR) is 125 cm³/mol. The second-order valence-electron chi connectivity index (χ2n) is 8.35. The molecule has 208 valence electrons. The molecule has 1 N–H and O–H groups in total. The zero-order valence-electron chi connectivity index (χ0n) is 20.9. The number of aromatic nitrogens is 2. The Morgan fingerprint density at radius 2 is 1.76 bits per heavy atom. The van der Waals surface area contributed by atoms with Crippen LogP contribution in [0.2, 0.25) is 0 Å². The Bertz CT molecular complexity index is 1260. The molecule has 2 amide bonds. The molecule has 2 atom stereocenters. The average molecular weight is 548 g/mol. The second kappa shape index (κ2) is 11.4. The third kappa shape index (κ3) is 6.58. The zero-order chi connectivity index (χ0) is 28.3. The van der Waals surface area contributed by atoms with E-state index in [1.165, 1.54) is 33.7 Å². The van der Waals surface area contributed by atoms with Crippen LogP contribution in [0.3, 0.4) is 0 Å². The van der Waals surface area contributed by atoms with Crippen LogP contribution in [0, 0.1) is 0 Å². The third-order valence-electron chi connectivity index (χ3n) is 5.95. The standard InChI is InChI=1S/C24H26F6N4O4/c1-5-34(22(35)33-20(24(28,29)30)6-7-23(25,26)27)13(2)16-10-15(19(37-4)11-31-16)14-8-17(36-3)21-18(9-14)38-12-32-21/h8-13,20H,5-7H2,1-4H3,(H,33,35)/t13-,20+/m1/s1. The number of benzene rings is 1. The summed E-state index contributed by atoms with van der Waals surface area (Å²) >= 11 is 0. The van der Waals surface area contributed by atoms with Crippen molar-refractivity contribution in [1.29, 1.82) is 0 Å². The molecule has 0 aliphatic rings. The van der Waals surface area contributed by atoms with Gasteiger partial charge in [0.05, 0.1) is 32.2 Å². The Morgan fingerprint density at radius 1 is 1.08 bits per heavy atom. The monoisotopic (exact) mass is 548 g/mol. The molecule has 0 bridgehead atoms. The number of urea groups is 1. The first-order chi connectivity index (χ1) is 17.8. The Hall–Kier alpha value is -3.71. The van der Waals surface area contributed by atoms with E-state index in [2.05, 4.69) is 9.97 Å². The number of carbonyl (C=O) groups excluding carboxylic acids is 1. The molecular weight excluding hydrogens is 522 g/mol. The highest BCUT2D eigenvalue weighted by atomic mass is 19.4. The number of fused-ring (bicyclic) bond motifs is 1. The molecule has 38 heavy (non-hydrogen) atoms. The Balaban J connectivity index is 1.92. The summed E-state index contributed by atoms with van der Waals surface area (Å²) in [5, 5.41) is 1.71. The molecule has 0 aliphatic carbocycles. The fourth-order valence-corrected chi connectivity index (χ4v) is 3.93. The number of nitrogens with zero attached hydrogens (tertiary/aromatic N) is 3. The molecule has 1 aromatic carbocycles. The summed E-state index contributed by atoms with van der Waals surface area (Å²) in [6.07, 6.45) is -10.2. The number of pyridine rings is 1. The van der Waals surface area contributed by atoms with Gasteiger partial charge < -0.3 is 24.1 Å². The van der Waals surface area contributed by atoms with E-state index in [1.807, 2.05) is 0 Å². The lowest BCUT2D eigenvalue weighted by atomic mass is 10.0. The van der Waals surface area contributed by atoms with Gasteiger partial charge >= 0.3 is 18.4 Å². The molecule has 2 aromatic heterocycles. The first-order valence-electron chi connectivity index (χ1n) is 11.4. The summed E-state index contributed by atoms with van der Waals surface area (Å²) in [5.41, 5.74) is 2.34. The van der Waals surface area contributed by atoms with Gasteiger partial charge in [-0.15, -0.1) is 0 Å².